The highest BCUT2D eigenvalue weighted by molar-refractivity contribution is 7.99. The molecule has 0 atom stereocenters. The molecule has 96 valence electrons. The zero-order valence-corrected chi connectivity index (χ0v) is 11.7. The Morgan fingerprint density at radius 2 is 2.12 bits per heavy atom. The Morgan fingerprint density at radius 3 is 2.76 bits per heavy atom. The van der Waals surface area contributed by atoms with E-state index in [4.69, 9.17) is 0 Å². The second-order valence-corrected chi connectivity index (χ2v) is 5.70. The van der Waals surface area contributed by atoms with Crippen LogP contribution >= 0.6 is 11.8 Å². The zero-order chi connectivity index (χ0) is 12.7. The molecule has 1 N–H and O–H groups in total. The van der Waals surface area contributed by atoms with Crippen molar-refractivity contribution < 1.29 is 4.39 Å². The molecule has 1 aromatic carbocycles. The Morgan fingerprint density at radius 1 is 1.35 bits per heavy atom. The predicted octanol–water partition coefficient (Wildman–Crippen LogP) is 4.07. The summed E-state index contributed by atoms with van der Waals surface area (Å²) < 4.78 is 13.2. The van der Waals surface area contributed by atoms with E-state index >= 15 is 0 Å². The van der Waals surface area contributed by atoms with Crippen molar-refractivity contribution in [2.45, 2.75) is 38.6 Å². The minimum Gasteiger partial charge on any atom is -0.313 e. The first-order valence-electron chi connectivity index (χ1n) is 6.25. The molecule has 17 heavy (non-hydrogen) atoms. The summed E-state index contributed by atoms with van der Waals surface area (Å²) in [4.78, 5) is 1.20. The van der Waals surface area contributed by atoms with Gasteiger partial charge >= 0.3 is 0 Å². The average molecular weight is 255 g/mol. The Labute approximate surface area is 108 Å². The quantitative estimate of drug-likeness (QED) is 0.737. The van der Waals surface area contributed by atoms with Crippen LogP contribution in [0, 0.1) is 11.7 Å². The van der Waals surface area contributed by atoms with Gasteiger partial charge in [0.1, 0.15) is 5.82 Å². The van der Waals surface area contributed by atoms with Gasteiger partial charge in [0.2, 0.25) is 0 Å². The number of thioether (sulfide) groups is 1. The Hall–Kier alpha value is -0.540. The molecule has 1 nitrogen and oxygen atoms in total. The van der Waals surface area contributed by atoms with E-state index in [-0.39, 0.29) is 5.82 Å². The molecule has 0 aliphatic carbocycles. The number of hydrogen-bond acceptors (Lipinski definition) is 2. The highest BCUT2D eigenvalue weighted by Gasteiger charge is 2.05. The molecule has 0 saturated heterocycles. The van der Waals surface area contributed by atoms with Crippen molar-refractivity contribution in [3.8, 4) is 0 Å². The van der Waals surface area contributed by atoms with Gasteiger partial charge in [-0.3, -0.25) is 0 Å². The molecule has 0 amide bonds. The molecule has 0 aromatic heterocycles. The van der Waals surface area contributed by atoms with Gasteiger partial charge in [-0.15, -0.1) is 11.8 Å². The smallest absolute Gasteiger partial charge is 0.123 e. The molecule has 0 aliphatic heterocycles. The van der Waals surface area contributed by atoms with Gasteiger partial charge in [0, 0.05) is 11.4 Å². The van der Waals surface area contributed by atoms with Gasteiger partial charge < -0.3 is 5.32 Å². The highest BCUT2D eigenvalue weighted by Crippen LogP contribution is 2.25. The van der Waals surface area contributed by atoms with Crippen LogP contribution < -0.4 is 5.32 Å². The minimum atomic E-state index is -0.147. The van der Waals surface area contributed by atoms with E-state index in [2.05, 4.69) is 26.1 Å². The van der Waals surface area contributed by atoms with Gasteiger partial charge in [-0.2, -0.15) is 0 Å². The molecule has 0 bridgehead atoms. The van der Waals surface area contributed by atoms with E-state index in [0.29, 0.717) is 0 Å². The van der Waals surface area contributed by atoms with Gasteiger partial charge in [-0.1, -0.05) is 20.8 Å². The van der Waals surface area contributed by atoms with Crippen molar-refractivity contribution >= 4 is 11.8 Å². The largest absolute Gasteiger partial charge is 0.313 e. The van der Waals surface area contributed by atoms with Crippen LogP contribution in [0.3, 0.4) is 0 Å². The van der Waals surface area contributed by atoms with Gasteiger partial charge in [0.25, 0.3) is 0 Å². The van der Waals surface area contributed by atoms with Crippen molar-refractivity contribution in [3.63, 3.8) is 0 Å². The molecular weight excluding hydrogens is 233 g/mol. The second kappa shape index (κ2) is 7.72. The first-order chi connectivity index (χ1) is 8.13. The summed E-state index contributed by atoms with van der Waals surface area (Å²) >= 11 is 1.83. The van der Waals surface area contributed by atoms with Crippen molar-refractivity contribution in [2.75, 3.05) is 12.3 Å². The summed E-state index contributed by atoms with van der Waals surface area (Å²) in [5, 5.41) is 3.25. The van der Waals surface area contributed by atoms with Crippen molar-refractivity contribution in [3.05, 3.63) is 29.6 Å². The van der Waals surface area contributed by atoms with Crippen molar-refractivity contribution in [1.82, 2.24) is 5.32 Å². The average Bonchev–Trinajstić information content (AvgIpc) is 2.28. The summed E-state index contributed by atoms with van der Waals surface area (Å²) in [5.74, 6) is 1.67. The highest BCUT2D eigenvalue weighted by atomic mass is 32.2. The van der Waals surface area contributed by atoms with Crippen LogP contribution in [-0.2, 0) is 6.54 Å². The molecule has 1 rings (SSSR count). The SMILES string of the molecule is CCNCc1cc(F)ccc1SCCC(C)C. The lowest BCUT2D eigenvalue weighted by molar-refractivity contribution is 0.618. The van der Waals surface area contributed by atoms with Crippen LogP contribution in [0.15, 0.2) is 23.1 Å². The van der Waals surface area contributed by atoms with Crippen LogP contribution in [0.1, 0.15) is 32.8 Å². The summed E-state index contributed by atoms with van der Waals surface area (Å²) in [5.41, 5.74) is 1.07. The van der Waals surface area contributed by atoms with E-state index in [1.165, 1.54) is 11.3 Å². The molecule has 0 fully saturated rings. The fraction of sp³-hybridized carbons (Fsp3) is 0.571. The predicted molar refractivity (Wildman–Crippen MR) is 74.0 cm³/mol. The van der Waals surface area contributed by atoms with Crippen molar-refractivity contribution in [2.24, 2.45) is 5.92 Å². The molecule has 3 heteroatoms. The minimum absolute atomic E-state index is 0.147. The Kier molecular flexibility index (Phi) is 6.60. The second-order valence-electron chi connectivity index (χ2n) is 4.56. The molecule has 0 heterocycles. The molecule has 0 spiro atoms. The van der Waals surface area contributed by atoms with E-state index in [9.17, 15) is 4.39 Å². The van der Waals surface area contributed by atoms with E-state index in [1.54, 1.807) is 12.1 Å². The van der Waals surface area contributed by atoms with Crippen LogP contribution in [0.4, 0.5) is 4.39 Å². The Balaban J connectivity index is 2.62. The standard InChI is InChI=1S/C14H22FNS/c1-4-16-10-12-9-13(15)5-6-14(12)17-8-7-11(2)3/h5-6,9,11,16H,4,7-8,10H2,1-3H3. The first-order valence-corrected chi connectivity index (χ1v) is 7.24. The monoisotopic (exact) mass is 255 g/mol. The fourth-order valence-corrected chi connectivity index (χ4v) is 2.78. The number of rotatable bonds is 7. The first kappa shape index (κ1) is 14.5. The van der Waals surface area contributed by atoms with E-state index in [1.807, 2.05) is 17.8 Å². The summed E-state index contributed by atoms with van der Waals surface area (Å²) in [6.45, 7) is 8.17. The maximum Gasteiger partial charge on any atom is 0.123 e. The summed E-state index contributed by atoms with van der Waals surface area (Å²) in [6, 6.07) is 5.08. The molecule has 0 radical (unpaired) electrons. The van der Waals surface area contributed by atoms with Gasteiger partial charge in [0.15, 0.2) is 0 Å². The summed E-state index contributed by atoms with van der Waals surface area (Å²) in [7, 11) is 0. The lowest BCUT2D eigenvalue weighted by Crippen LogP contribution is -2.12. The van der Waals surface area contributed by atoms with Gasteiger partial charge in [-0.25, -0.2) is 4.39 Å². The number of hydrogen-bond donors (Lipinski definition) is 1. The number of nitrogens with one attached hydrogen (secondary N) is 1. The normalized spacial score (nSPS) is 11.1. The van der Waals surface area contributed by atoms with Gasteiger partial charge in [0.05, 0.1) is 0 Å². The molecule has 0 unspecified atom stereocenters. The number of halogens is 1. The Bertz CT molecular complexity index is 339. The van der Waals surface area contributed by atoms with E-state index in [0.717, 1.165) is 30.3 Å². The molecular formula is C14H22FNS. The lowest BCUT2D eigenvalue weighted by Gasteiger charge is -2.10. The molecule has 0 saturated carbocycles. The summed E-state index contributed by atoms with van der Waals surface area (Å²) in [6.07, 6.45) is 1.20. The number of benzene rings is 1. The van der Waals surface area contributed by atoms with Crippen LogP contribution in [-0.4, -0.2) is 12.3 Å². The van der Waals surface area contributed by atoms with Crippen LogP contribution in [0.2, 0.25) is 0 Å². The third kappa shape index (κ3) is 5.55. The molecule has 1 aromatic rings. The molecule has 0 aliphatic rings. The fourth-order valence-electron chi connectivity index (χ4n) is 1.49. The van der Waals surface area contributed by atoms with Gasteiger partial charge in [-0.05, 0) is 48.4 Å². The lowest BCUT2D eigenvalue weighted by atomic mass is 10.2. The maximum atomic E-state index is 13.2. The van der Waals surface area contributed by atoms with Crippen molar-refractivity contribution in [1.29, 1.82) is 0 Å². The topological polar surface area (TPSA) is 12.0 Å². The van der Waals surface area contributed by atoms with E-state index < -0.39 is 0 Å². The van der Waals surface area contributed by atoms with Crippen LogP contribution in [0.5, 0.6) is 0 Å². The zero-order valence-electron chi connectivity index (χ0n) is 10.9. The van der Waals surface area contributed by atoms with Crippen LogP contribution in [0.25, 0.3) is 0 Å². The maximum absolute atomic E-state index is 13.2. The third-order valence-electron chi connectivity index (χ3n) is 2.54. The third-order valence-corrected chi connectivity index (χ3v) is 3.69.